The van der Waals surface area contributed by atoms with Gasteiger partial charge in [0.15, 0.2) is 0 Å². The number of likely N-dealkylation sites (N-methyl/N-ethyl adjacent to an activating group) is 1. The molecule has 0 radical (unpaired) electrons. The molecule has 9 heteroatoms. The lowest BCUT2D eigenvalue weighted by atomic mass is 10.2. The normalized spacial score (nSPS) is 16.9. The van der Waals surface area contributed by atoms with E-state index >= 15 is 0 Å². The first-order chi connectivity index (χ1) is 13.4. The monoisotopic (exact) mass is 419 g/mol. The van der Waals surface area contributed by atoms with E-state index in [4.69, 9.17) is 11.6 Å². The Balaban J connectivity index is 1.60. The maximum absolute atomic E-state index is 13.4. The Kier molecular flexibility index (Phi) is 5.18. The molecule has 1 N–H and O–H groups in total. The standard InChI is InChI=1S/C19H19ClFN5OS/c1-25(2)12-5-6-26(9-12)19(27)16-8-13-17(22-10-23-18(13)28-16)24-11-3-4-15(21)14(20)7-11/h3-4,7-8,10,12H,5-6,9H2,1-2H3,(H,22,23,24)/t12-/m0/s1. The lowest BCUT2D eigenvalue weighted by Crippen LogP contribution is -2.34. The van der Waals surface area contributed by atoms with E-state index in [1.807, 2.05) is 25.1 Å². The number of thiophene rings is 1. The number of hydrogen-bond acceptors (Lipinski definition) is 6. The zero-order valence-corrected chi connectivity index (χ0v) is 17.0. The number of hydrogen-bond donors (Lipinski definition) is 1. The molecule has 1 amide bonds. The zero-order chi connectivity index (χ0) is 19.8. The molecule has 2 aromatic heterocycles. The van der Waals surface area contributed by atoms with Crippen LogP contribution in [0.25, 0.3) is 10.2 Å². The molecule has 3 aromatic rings. The van der Waals surface area contributed by atoms with Crippen molar-refractivity contribution in [2.45, 2.75) is 12.5 Å². The summed E-state index contributed by atoms with van der Waals surface area (Å²) in [7, 11) is 4.07. The van der Waals surface area contributed by atoms with E-state index in [-0.39, 0.29) is 10.9 Å². The maximum atomic E-state index is 13.4. The third-order valence-corrected chi connectivity index (χ3v) is 6.22. The van der Waals surface area contributed by atoms with Gasteiger partial charge in [-0.15, -0.1) is 11.3 Å². The number of halogens is 2. The Morgan fingerprint density at radius 2 is 2.18 bits per heavy atom. The highest BCUT2D eigenvalue weighted by molar-refractivity contribution is 7.20. The van der Waals surface area contributed by atoms with Gasteiger partial charge in [-0.1, -0.05) is 11.6 Å². The first-order valence-corrected chi connectivity index (χ1v) is 10.0. The number of rotatable bonds is 4. The minimum Gasteiger partial charge on any atom is -0.340 e. The number of fused-ring (bicyclic) bond motifs is 1. The minimum absolute atomic E-state index is 0.0168. The van der Waals surface area contributed by atoms with Gasteiger partial charge in [-0.05, 0) is 44.8 Å². The van der Waals surface area contributed by atoms with E-state index in [1.54, 1.807) is 6.07 Å². The van der Waals surface area contributed by atoms with E-state index in [1.165, 1.54) is 29.8 Å². The second-order valence-electron chi connectivity index (χ2n) is 6.96. The predicted molar refractivity (Wildman–Crippen MR) is 110 cm³/mol. The van der Waals surface area contributed by atoms with Crippen molar-refractivity contribution < 1.29 is 9.18 Å². The summed E-state index contributed by atoms with van der Waals surface area (Å²) in [6.07, 6.45) is 2.42. The van der Waals surface area contributed by atoms with Gasteiger partial charge in [0.25, 0.3) is 5.91 Å². The van der Waals surface area contributed by atoms with Gasteiger partial charge in [-0.3, -0.25) is 4.79 Å². The van der Waals surface area contributed by atoms with Crippen molar-refractivity contribution in [3.05, 3.63) is 46.3 Å². The molecule has 0 spiro atoms. The van der Waals surface area contributed by atoms with E-state index in [2.05, 4.69) is 20.2 Å². The molecule has 146 valence electrons. The molecule has 1 aromatic carbocycles. The smallest absolute Gasteiger partial charge is 0.264 e. The van der Waals surface area contributed by atoms with Gasteiger partial charge in [-0.2, -0.15) is 0 Å². The number of carbonyl (C=O) groups is 1. The summed E-state index contributed by atoms with van der Waals surface area (Å²) < 4.78 is 13.4. The second kappa shape index (κ2) is 7.62. The molecule has 1 atom stereocenters. The molecular formula is C19H19ClFN5OS. The van der Waals surface area contributed by atoms with Crippen molar-refractivity contribution in [2.75, 3.05) is 32.5 Å². The van der Waals surface area contributed by atoms with Crippen LogP contribution in [0.5, 0.6) is 0 Å². The fourth-order valence-electron chi connectivity index (χ4n) is 3.27. The topological polar surface area (TPSA) is 61.4 Å². The van der Waals surface area contributed by atoms with Crippen LogP contribution in [0.1, 0.15) is 16.1 Å². The lowest BCUT2D eigenvalue weighted by molar-refractivity contribution is 0.0788. The van der Waals surface area contributed by atoms with Gasteiger partial charge < -0.3 is 15.1 Å². The Morgan fingerprint density at radius 1 is 1.36 bits per heavy atom. The van der Waals surface area contributed by atoms with Crippen molar-refractivity contribution in [3.63, 3.8) is 0 Å². The number of nitrogens with one attached hydrogen (secondary N) is 1. The van der Waals surface area contributed by atoms with E-state index in [0.29, 0.717) is 22.4 Å². The van der Waals surface area contributed by atoms with Crippen LogP contribution in [0.3, 0.4) is 0 Å². The number of aromatic nitrogens is 2. The summed E-state index contributed by atoms with van der Waals surface area (Å²) in [6, 6.07) is 6.58. The van der Waals surface area contributed by atoms with E-state index in [0.717, 1.165) is 29.7 Å². The van der Waals surface area contributed by atoms with Crippen LogP contribution in [0.15, 0.2) is 30.6 Å². The number of nitrogens with zero attached hydrogens (tertiary/aromatic N) is 4. The van der Waals surface area contributed by atoms with Gasteiger partial charge >= 0.3 is 0 Å². The predicted octanol–water partition coefficient (Wildman–Crippen LogP) is 4.00. The number of amides is 1. The molecular weight excluding hydrogens is 401 g/mol. The van der Waals surface area contributed by atoms with Crippen molar-refractivity contribution in [1.29, 1.82) is 0 Å². The summed E-state index contributed by atoms with van der Waals surface area (Å²) in [4.78, 5) is 26.9. The average Bonchev–Trinajstić information content (AvgIpc) is 3.32. The largest absolute Gasteiger partial charge is 0.340 e. The Morgan fingerprint density at radius 3 is 2.89 bits per heavy atom. The third kappa shape index (κ3) is 3.67. The number of likely N-dealkylation sites (tertiary alicyclic amines) is 1. The van der Waals surface area contributed by atoms with Crippen LogP contribution in [-0.2, 0) is 0 Å². The number of benzene rings is 1. The Labute approximate surface area is 170 Å². The fraction of sp³-hybridized carbons (Fsp3) is 0.316. The molecule has 1 fully saturated rings. The molecule has 1 aliphatic rings. The summed E-state index contributed by atoms with van der Waals surface area (Å²) in [6.45, 7) is 1.48. The highest BCUT2D eigenvalue weighted by Crippen LogP contribution is 2.32. The van der Waals surface area contributed by atoms with E-state index < -0.39 is 5.82 Å². The van der Waals surface area contributed by atoms with Crippen LogP contribution in [0, 0.1) is 5.82 Å². The SMILES string of the molecule is CN(C)[C@H]1CCN(C(=O)c2cc3c(Nc4ccc(F)c(Cl)c4)ncnc3s2)C1. The lowest BCUT2D eigenvalue weighted by Gasteiger charge is -2.19. The van der Waals surface area contributed by atoms with Crippen molar-refractivity contribution >= 4 is 50.6 Å². The van der Waals surface area contributed by atoms with Crippen LogP contribution in [0.2, 0.25) is 5.02 Å². The molecule has 0 bridgehead atoms. The average molecular weight is 420 g/mol. The van der Waals surface area contributed by atoms with E-state index in [9.17, 15) is 9.18 Å². The van der Waals surface area contributed by atoms with Gasteiger partial charge in [0.2, 0.25) is 0 Å². The van der Waals surface area contributed by atoms with Gasteiger partial charge in [0.1, 0.15) is 22.8 Å². The summed E-state index contributed by atoms with van der Waals surface area (Å²) >= 11 is 7.20. The first kappa shape index (κ1) is 19.0. The molecule has 28 heavy (non-hydrogen) atoms. The van der Waals surface area contributed by atoms with Gasteiger partial charge in [0, 0.05) is 24.8 Å². The van der Waals surface area contributed by atoms with Crippen molar-refractivity contribution in [3.8, 4) is 0 Å². The van der Waals surface area contributed by atoms with Crippen LogP contribution in [0.4, 0.5) is 15.9 Å². The molecule has 0 aliphatic carbocycles. The molecule has 6 nitrogen and oxygen atoms in total. The Hall–Kier alpha value is -2.29. The molecule has 1 saturated heterocycles. The van der Waals surface area contributed by atoms with Crippen LogP contribution < -0.4 is 5.32 Å². The zero-order valence-electron chi connectivity index (χ0n) is 15.4. The van der Waals surface area contributed by atoms with Crippen LogP contribution in [-0.4, -0.2) is 58.9 Å². The number of anilines is 2. The third-order valence-electron chi connectivity index (χ3n) is 4.90. The Bertz CT molecular complexity index is 1040. The van der Waals surface area contributed by atoms with Crippen molar-refractivity contribution in [2.24, 2.45) is 0 Å². The molecule has 0 unspecified atom stereocenters. The fourth-order valence-corrected chi connectivity index (χ4v) is 4.42. The van der Waals surface area contributed by atoms with Gasteiger partial charge in [0.05, 0.1) is 15.3 Å². The molecule has 1 aliphatic heterocycles. The summed E-state index contributed by atoms with van der Waals surface area (Å²) in [5.74, 6) is 0.0869. The van der Waals surface area contributed by atoms with Crippen LogP contribution >= 0.6 is 22.9 Å². The highest BCUT2D eigenvalue weighted by atomic mass is 35.5. The number of carbonyl (C=O) groups excluding carboxylic acids is 1. The first-order valence-electron chi connectivity index (χ1n) is 8.84. The quantitative estimate of drug-likeness (QED) is 0.692. The summed E-state index contributed by atoms with van der Waals surface area (Å²) in [5, 5.41) is 3.91. The maximum Gasteiger partial charge on any atom is 0.264 e. The molecule has 4 rings (SSSR count). The van der Waals surface area contributed by atoms with Crippen molar-refractivity contribution in [1.82, 2.24) is 19.8 Å². The highest BCUT2D eigenvalue weighted by Gasteiger charge is 2.29. The molecule has 3 heterocycles. The second-order valence-corrected chi connectivity index (χ2v) is 8.40. The van der Waals surface area contributed by atoms with Gasteiger partial charge in [-0.25, -0.2) is 14.4 Å². The minimum atomic E-state index is -0.481. The molecule has 0 saturated carbocycles. The summed E-state index contributed by atoms with van der Waals surface area (Å²) in [5.41, 5.74) is 0.610.